The first kappa shape index (κ1) is 12.0. The average Bonchev–Trinajstić information content (AvgIpc) is 2.28. The maximum Gasteiger partial charge on any atom is 0.273 e. The van der Waals surface area contributed by atoms with Crippen LogP contribution in [-0.4, -0.2) is 18.0 Å². The molecule has 0 aliphatic carbocycles. The minimum atomic E-state index is -0.630. The smallest absolute Gasteiger partial charge is 0.273 e. The largest absolute Gasteiger partial charge is 0.504 e. The summed E-state index contributed by atoms with van der Waals surface area (Å²) in [7, 11) is 0. The summed E-state index contributed by atoms with van der Waals surface area (Å²) in [5.74, 6) is 0.436. The maximum atomic E-state index is 9.44. The van der Waals surface area contributed by atoms with E-state index >= 15 is 0 Å². The lowest BCUT2D eigenvalue weighted by Crippen LogP contribution is -2.21. The molecule has 0 atom stereocenters. The lowest BCUT2D eigenvalue weighted by molar-refractivity contribution is -0.0851. The molecule has 0 aromatic heterocycles. The molecule has 0 saturated heterocycles. The SMILES string of the molecule is C=COC(COc1ccccc1O)OC=C. The molecule has 1 aromatic rings. The van der Waals surface area contributed by atoms with Crippen LogP contribution in [0.3, 0.4) is 0 Å². The number of benzene rings is 1. The molecule has 86 valence electrons. The molecule has 0 fully saturated rings. The van der Waals surface area contributed by atoms with Gasteiger partial charge in [0.25, 0.3) is 6.29 Å². The van der Waals surface area contributed by atoms with Gasteiger partial charge in [0, 0.05) is 0 Å². The highest BCUT2D eigenvalue weighted by Crippen LogP contribution is 2.24. The van der Waals surface area contributed by atoms with Crippen LogP contribution in [0.4, 0.5) is 0 Å². The molecule has 0 heterocycles. The van der Waals surface area contributed by atoms with Crippen molar-refractivity contribution in [2.24, 2.45) is 0 Å². The van der Waals surface area contributed by atoms with Gasteiger partial charge in [0.2, 0.25) is 0 Å². The highest BCUT2D eigenvalue weighted by molar-refractivity contribution is 5.37. The van der Waals surface area contributed by atoms with E-state index in [0.29, 0.717) is 5.75 Å². The zero-order valence-electron chi connectivity index (χ0n) is 8.83. The predicted octanol–water partition coefficient (Wildman–Crippen LogP) is 2.42. The van der Waals surface area contributed by atoms with Gasteiger partial charge in [0.05, 0.1) is 12.5 Å². The third-order valence-electron chi connectivity index (χ3n) is 1.74. The molecule has 0 aliphatic rings. The van der Waals surface area contributed by atoms with Crippen molar-refractivity contribution in [1.29, 1.82) is 0 Å². The lowest BCUT2D eigenvalue weighted by atomic mass is 10.3. The van der Waals surface area contributed by atoms with E-state index in [4.69, 9.17) is 14.2 Å². The number of ether oxygens (including phenoxy) is 3. The van der Waals surface area contributed by atoms with E-state index in [1.165, 1.54) is 18.6 Å². The second-order valence-corrected chi connectivity index (χ2v) is 2.81. The third kappa shape index (κ3) is 3.57. The van der Waals surface area contributed by atoms with Crippen molar-refractivity contribution >= 4 is 0 Å². The van der Waals surface area contributed by atoms with Crippen LogP contribution in [-0.2, 0) is 9.47 Å². The second-order valence-electron chi connectivity index (χ2n) is 2.81. The van der Waals surface area contributed by atoms with E-state index in [2.05, 4.69) is 13.2 Å². The topological polar surface area (TPSA) is 47.9 Å². The van der Waals surface area contributed by atoms with E-state index in [1.54, 1.807) is 18.2 Å². The summed E-state index contributed by atoms with van der Waals surface area (Å²) in [4.78, 5) is 0. The van der Waals surface area contributed by atoms with E-state index < -0.39 is 6.29 Å². The van der Waals surface area contributed by atoms with Gasteiger partial charge in [-0.3, -0.25) is 0 Å². The first-order chi connectivity index (χ1) is 7.77. The molecule has 4 heteroatoms. The summed E-state index contributed by atoms with van der Waals surface area (Å²) >= 11 is 0. The van der Waals surface area contributed by atoms with Gasteiger partial charge < -0.3 is 19.3 Å². The standard InChI is InChI=1S/C12H14O4/c1-3-14-12(15-4-2)9-16-11-8-6-5-7-10(11)13/h3-8,12-13H,1-2,9H2. The number of rotatable bonds is 7. The van der Waals surface area contributed by atoms with Crippen LogP contribution in [0, 0.1) is 0 Å². The van der Waals surface area contributed by atoms with Crippen LogP contribution in [0.15, 0.2) is 49.9 Å². The molecule has 0 amide bonds. The summed E-state index contributed by atoms with van der Waals surface area (Å²) in [6.45, 7) is 6.95. The van der Waals surface area contributed by atoms with Crippen molar-refractivity contribution in [2.75, 3.05) is 6.61 Å². The van der Waals surface area contributed by atoms with Crippen molar-refractivity contribution in [3.8, 4) is 11.5 Å². The molecule has 1 N–H and O–H groups in total. The Hall–Kier alpha value is -2.10. The Balaban J connectivity index is 2.51. The Bertz CT molecular complexity index is 339. The quantitative estimate of drug-likeness (QED) is 0.568. The molecule has 0 bridgehead atoms. The van der Waals surface area contributed by atoms with Crippen molar-refractivity contribution in [2.45, 2.75) is 6.29 Å². The van der Waals surface area contributed by atoms with Gasteiger partial charge in [-0.15, -0.1) is 0 Å². The van der Waals surface area contributed by atoms with Crippen LogP contribution < -0.4 is 4.74 Å². The fraction of sp³-hybridized carbons (Fsp3) is 0.167. The number of phenolic OH excluding ortho intramolecular Hbond substituents is 1. The zero-order chi connectivity index (χ0) is 11.8. The number of aromatic hydroxyl groups is 1. The second kappa shape index (κ2) is 6.40. The molecule has 1 rings (SSSR count). The van der Waals surface area contributed by atoms with Crippen molar-refractivity contribution < 1.29 is 19.3 Å². The number of phenols is 1. The van der Waals surface area contributed by atoms with Gasteiger partial charge in [-0.1, -0.05) is 25.3 Å². The van der Waals surface area contributed by atoms with E-state index in [9.17, 15) is 5.11 Å². The molecule has 4 nitrogen and oxygen atoms in total. The van der Waals surface area contributed by atoms with Crippen LogP contribution in [0.1, 0.15) is 0 Å². The fourth-order valence-electron chi connectivity index (χ4n) is 1.06. The van der Waals surface area contributed by atoms with Gasteiger partial charge in [0.1, 0.15) is 0 Å². The third-order valence-corrected chi connectivity index (χ3v) is 1.74. The predicted molar refractivity (Wildman–Crippen MR) is 60.0 cm³/mol. The summed E-state index contributed by atoms with van der Waals surface area (Å²) in [5.41, 5.74) is 0. The Morgan fingerprint density at radius 1 is 1.19 bits per heavy atom. The summed E-state index contributed by atoms with van der Waals surface area (Å²) in [6, 6.07) is 6.65. The highest BCUT2D eigenvalue weighted by Gasteiger charge is 2.09. The van der Waals surface area contributed by atoms with Crippen molar-refractivity contribution in [3.05, 3.63) is 49.9 Å². The molecule has 0 saturated carbocycles. The molecular weight excluding hydrogens is 208 g/mol. The molecule has 1 aromatic carbocycles. The fourth-order valence-corrected chi connectivity index (χ4v) is 1.06. The first-order valence-electron chi connectivity index (χ1n) is 4.71. The minimum Gasteiger partial charge on any atom is -0.504 e. The Labute approximate surface area is 94.4 Å². The normalized spacial score (nSPS) is 9.56. The molecule has 0 aliphatic heterocycles. The maximum absolute atomic E-state index is 9.44. The minimum absolute atomic E-state index is 0.0680. The van der Waals surface area contributed by atoms with Gasteiger partial charge in [-0.05, 0) is 12.1 Å². The van der Waals surface area contributed by atoms with Crippen molar-refractivity contribution in [3.63, 3.8) is 0 Å². The highest BCUT2D eigenvalue weighted by atomic mass is 16.7. The number of hydrogen-bond donors (Lipinski definition) is 1. The van der Waals surface area contributed by atoms with Gasteiger partial charge >= 0.3 is 0 Å². The van der Waals surface area contributed by atoms with Crippen LogP contribution >= 0.6 is 0 Å². The summed E-state index contributed by atoms with van der Waals surface area (Å²) in [5, 5.41) is 9.44. The molecule has 0 radical (unpaired) electrons. The molecular formula is C12H14O4. The lowest BCUT2D eigenvalue weighted by Gasteiger charge is -2.16. The zero-order valence-corrected chi connectivity index (χ0v) is 8.83. The van der Waals surface area contributed by atoms with Gasteiger partial charge in [-0.2, -0.15) is 0 Å². The van der Waals surface area contributed by atoms with E-state index in [0.717, 1.165) is 0 Å². The number of hydrogen-bond acceptors (Lipinski definition) is 4. The van der Waals surface area contributed by atoms with Gasteiger partial charge in [0.15, 0.2) is 18.1 Å². The van der Waals surface area contributed by atoms with Crippen molar-refractivity contribution in [1.82, 2.24) is 0 Å². The number of para-hydroxylation sites is 2. The Morgan fingerprint density at radius 2 is 1.81 bits per heavy atom. The van der Waals surface area contributed by atoms with E-state index in [-0.39, 0.29) is 12.4 Å². The Kier molecular flexibility index (Phi) is 4.79. The van der Waals surface area contributed by atoms with Crippen LogP contribution in [0.2, 0.25) is 0 Å². The summed E-state index contributed by atoms with van der Waals surface area (Å²) < 4.78 is 15.3. The van der Waals surface area contributed by atoms with Crippen LogP contribution in [0.25, 0.3) is 0 Å². The average molecular weight is 222 g/mol. The van der Waals surface area contributed by atoms with Gasteiger partial charge in [-0.25, -0.2) is 0 Å². The van der Waals surface area contributed by atoms with Crippen LogP contribution in [0.5, 0.6) is 11.5 Å². The Morgan fingerprint density at radius 3 is 2.38 bits per heavy atom. The molecule has 16 heavy (non-hydrogen) atoms. The van der Waals surface area contributed by atoms with E-state index in [1.807, 2.05) is 0 Å². The first-order valence-corrected chi connectivity index (χ1v) is 4.71. The molecule has 0 spiro atoms. The molecule has 0 unspecified atom stereocenters. The summed E-state index contributed by atoms with van der Waals surface area (Å²) in [6.07, 6.45) is 1.87. The monoisotopic (exact) mass is 222 g/mol.